The van der Waals surface area contributed by atoms with Crippen LogP contribution in [-0.2, 0) is 5.33 Å². The van der Waals surface area contributed by atoms with Crippen LogP contribution in [0.1, 0.15) is 33.3 Å². The molecule has 1 nitrogen and oxygen atoms in total. The van der Waals surface area contributed by atoms with Crippen molar-refractivity contribution in [3.8, 4) is 0 Å². The quantitative estimate of drug-likeness (QED) is 0.634. The highest BCUT2D eigenvalue weighted by atomic mass is 79.9. The number of nitrogens with zero attached hydrogens (tertiary/aromatic N) is 1. The first-order valence-electron chi connectivity index (χ1n) is 6.53. The number of halogens is 2. The summed E-state index contributed by atoms with van der Waals surface area (Å²) >= 11 is 9.63. The van der Waals surface area contributed by atoms with Crippen LogP contribution in [0.2, 0.25) is 5.02 Å². The smallest absolute Gasteiger partial charge is 0.0410 e. The van der Waals surface area contributed by atoms with Gasteiger partial charge in [-0.15, -0.1) is 0 Å². The van der Waals surface area contributed by atoms with Gasteiger partial charge in [-0.25, -0.2) is 0 Å². The Morgan fingerprint density at radius 1 is 1.11 bits per heavy atom. The first kappa shape index (κ1) is 15.8. The number of hydrogen-bond donors (Lipinski definition) is 0. The summed E-state index contributed by atoms with van der Waals surface area (Å²) in [5.41, 5.74) is 2.57. The fourth-order valence-corrected chi connectivity index (χ4v) is 2.77. The molecule has 3 heteroatoms. The van der Waals surface area contributed by atoms with Crippen LogP contribution in [0.25, 0.3) is 0 Å². The molecule has 0 saturated carbocycles. The fraction of sp³-hybridized carbons (Fsp3) is 0.600. The maximum atomic E-state index is 6.07. The average Bonchev–Trinajstić information content (AvgIpc) is 2.26. The molecule has 18 heavy (non-hydrogen) atoms. The molecule has 102 valence electrons. The molecule has 1 aromatic rings. The first-order valence-corrected chi connectivity index (χ1v) is 8.03. The van der Waals surface area contributed by atoms with Gasteiger partial charge in [0.25, 0.3) is 0 Å². The van der Waals surface area contributed by atoms with Crippen LogP contribution in [0.4, 0.5) is 5.69 Å². The Morgan fingerprint density at radius 2 is 1.67 bits per heavy atom. The Bertz CT molecular complexity index is 367. The summed E-state index contributed by atoms with van der Waals surface area (Å²) < 4.78 is 0. The van der Waals surface area contributed by atoms with Crippen molar-refractivity contribution in [1.82, 2.24) is 0 Å². The summed E-state index contributed by atoms with van der Waals surface area (Å²) in [5, 5.41) is 1.65. The van der Waals surface area contributed by atoms with Crippen LogP contribution in [0.3, 0.4) is 0 Å². The molecule has 0 aliphatic heterocycles. The zero-order valence-corrected chi connectivity index (χ0v) is 14.1. The van der Waals surface area contributed by atoms with Crippen LogP contribution in [0.15, 0.2) is 18.2 Å². The Kier molecular flexibility index (Phi) is 6.51. The second-order valence-corrected chi connectivity index (χ2v) is 6.60. The highest BCUT2D eigenvalue weighted by Gasteiger charge is 2.14. The third kappa shape index (κ3) is 4.81. The van der Waals surface area contributed by atoms with Gasteiger partial charge in [0.05, 0.1) is 0 Å². The van der Waals surface area contributed by atoms with Crippen molar-refractivity contribution in [2.75, 3.05) is 18.0 Å². The second kappa shape index (κ2) is 7.40. The summed E-state index contributed by atoms with van der Waals surface area (Å²) in [6.07, 6.45) is 0. The van der Waals surface area contributed by atoms with Crippen LogP contribution >= 0.6 is 27.5 Å². The molecule has 0 aliphatic carbocycles. The van der Waals surface area contributed by atoms with Crippen molar-refractivity contribution in [2.24, 2.45) is 11.8 Å². The van der Waals surface area contributed by atoms with Crippen molar-refractivity contribution >= 4 is 33.2 Å². The Balaban J connectivity index is 3.03. The highest BCUT2D eigenvalue weighted by molar-refractivity contribution is 9.08. The molecule has 0 radical (unpaired) electrons. The molecule has 0 bridgehead atoms. The summed E-state index contributed by atoms with van der Waals surface area (Å²) in [7, 11) is 0. The lowest BCUT2D eigenvalue weighted by atomic mass is 10.1. The minimum absolute atomic E-state index is 0.655. The number of benzene rings is 1. The normalized spacial score (nSPS) is 11.3. The first-order chi connectivity index (χ1) is 8.43. The fourth-order valence-electron chi connectivity index (χ4n) is 2.12. The topological polar surface area (TPSA) is 3.24 Å². The molecule has 0 aliphatic rings. The maximum Gasteiger partial charge on any atom is 0.0410 e. The number of alkyl halides is 1. The second-order valence-electron chi connectivity index (χ2n) is 5.60. The molecule has 0 spiro atoms. The van der Waals surface area contributed by atoms with E-state index in [1.54, 1.807) is 0 Å². The highest BCUT2D eigenvalue weighted by Crippen LogP contribution is 2.27. The van der Waals surface area contributed by atoms with Gasteiger partial charge in [0.1, 0.15) is 0 Å². The van der Waals surface area contributed by atoms with E-state index in [2.05, 4.69) is 60.7 Å². The minimum Gasteiger partial charge on any atom is -0.371 e. The van der Waals surface area contributed by atoms with Crippen molar-refractivity contribution in [2.45, 2.75) is 33.0 Å². The van der Waals surface area contributed by atoms with Crippen LogP contribution in [0, 0.1) is 11.8 Å². The van der Waals surface area contributed by atoms with Crippen LogP contribution in [0.5, 0.6) is 0 Å². The third-order valence-corrected chi connectivity index (χ3v) is 3.54. The van der Waals surface area contributed by atoms with Crippen LogP contribution < -0.4 is 4.90 Å². The Hall–Kier alpha value is -0.210. The van der Waals surface area contributed by atoms with Crippen molar-refractivity contribution in [3.63, 3.8) is 0 Å². The monoisotopic (exact) mass is 331 g/mol. The van der Waals surface area contributed by atoms with Gasteiger partial charge in [-0.2, -0.15) is 0 Å². The maximum absolute atomic E-state index is 6.07. The van der Waals surface area contributed by atoms with E-state index < -0.39 is 0 Å². The molecule has 0 aromatic heterocycles. The number of hydrogen-bond acceptors (Lipinski definition) is 1. The lowest BCUT2D eigenvalue weighted by molar-refractivity contribution is 0.552. The molecule has 0 amide bonds. The summed E-state index contributed by atoms with van der Waals surface area (Å²) in [5.74, 6) is 1.31. The predicted molar refractivity (Wildman–Crippen MR) is 86.0 cm³/mol. The Morgan fingerprint density at radius 3 is 2.11 bits per heavy atom. The van der Waals surface area contributed by atoms with Crippen molar-refractivity contribution in [1.29, 1.82) is 0 Å². The van der Waals surface area contributed by atoms with Gasteiger partial charge >= 0.3 is 0 Å². The standard InChI is InChI=1S/C15H23BrClN/c1-11(2)9-18(10-12(3)4)15-6-5-14(17)7-13(15)8-16/h5-7,11-12H,8-10H2,1-4H3. The van der Waals surface area contributed by atoms with Gasteiger partial charge in [-0.1, -0.05) is 55.2 Å². The minimum atomic E-state index is 0.655. The molecule has 0 atom stereocenters. The SMILES string of the molecule is CC(C)CN(CC(C)C)c1ccc(Cl)cc1CBr. The molecule has 0 N–H and O–H groups in total. The molecule has 1 rings (SSSR count). The zero-order chi connectivity index (χ0) is 13.7. The summed E-state index contributed by atoms with van der Waals surface area (Å²) in [6, 6.07) is 6.18. The molecular formula is C15H23BrClN. The van der Waals surface area contributed by atoms with E-state index in [0.29, 0.717) is 11.8 Å². The zero-order valence-electron chi connectivity index (χ0n) is 11.7. The van der Waals surface area contributed by atoms with Crippen molar-refractivity contribution in [3.05, 3.63) is 28.8 Å². The lowest BCUT2D eigenvalue weighted by Crippen LogP contribution is -2.32. The van der Waals surface area contributed by atoms with Gasteiger partial charge in [0.2, 0.25) is 0 Å². The molecule has 0 fully saturated rings. The van der Waals surface area contributed by atoms with E-state index >= 15 is 0 Å². The average molecular weight is 333 g/mol. The van der Waals surface area contributed by atoms with E-state index in [1.165, 1.54) is 11.3 Å². The molecular weight excluding hydrogens is 310 g/mol. The number of anilines is 1. The molecule has 0 saturated heterocycles. The van der Waals surface area contributed by atoms with Crippen molar-refractivity contribution < 1.29 is 0 Å². The van der Waals surface area contributed by atoms with E-state index in [1.807, 2.05) is 6.07 Å². The molecule has 0 heterocycles. The molecule has 1 aromatic carbocycles. The van der Waals surface area contributed by atoms with Gasteiger partial charge in [-0.05, 0) is 35.6 Å². The summed E-state index contributed by atoms with van der Waals surface area (Å²) in [4.78, 5) is 2.47. The molecule has 0 unspecified atom stereocenters. The van der Waals surface area contributed by atoms with E-state index in [0.717, 1.165) is 23.4 Å². The predicted octanol–water partition coefficient (Wildman–Crippen LogP) is 5.35. The largest absolute Gasteiger partial charge is 0.371 e. The number of rotatable bonds is 6. The van der Waals surface area contributed by atoms with E-state index in [4.69, 9.17) is 11.6 Å². The Labute approximate surface area is 125 Å². The third-order valence-electron chi connectivity index (χ3n) is 2.70. The van der Waals surface area contributed by atoms with Gasteiger partial charge in [0.15, 0.2) is 0 Å². The van der Waals surface area contributed by atoms with Gasteiger partial charge in [-0.3, -0.25) is 0 Å². The summed E-state index contributed by atoms with van der Waals surface area (Å²) in [6.45, 7) is 11.2. The van der Waals surface area contributed by atoms with E-state index in [-0.39, 0.29) is 0 Å². The van der Waals surface area contributed by atoms with Gasteiger partial charge < -0.3 is 4.90 Å². The van der Waals surface area contributed by atoms with E-state index in [9.17, 15) is 0 Å². The van der Waals surface area contributed by atoms with Crippen LogP contribution in [-0.4, -0.2) is 13.1 Å². The lowest BCUT2D eigenvalue weighted by Gasteiger charge is -2.30. The van der Waals surface area contributed by atoms with Gasteiger partial charge in [0, 0.05) is 29.1 Å².